The zero-order valence-corrected chi connectivity index (χ0v) is 20.7. The first kappa shape index (κ1) is 26.8. The van der Waals surface area contributed by atoms with Gasteiger partial charge >= 0.3 is 0 Å². The maximum Gasteiger partial charge on any atom is 0.269 e. The van der Waals surface area contributed by atoms with Gasteiger partial charge in [0.05, 0.1) is 4.92 Å². The van der Waals surface area contributed by atoms with Gasteiger partial charge in [-0.2, -0.15) is 0 Å². The van der Waals surface area contributed by atoms with Gasteiger partial charge < -0.3 is 25.2 Å². The molecule has 0 saturated carbocycles. The molecule has 0 radical (unpaired) electrons. The van der Waals surface area contributed by atoms with E-state index in [1.54, 1.807) is 18.2 Å². The van der Waals surface area contributed by atoms with E-state index in [2.05, 4.69) is 17.1 Å². The van der Waals surface area contributed by atoms with Crippen LogP contribution in [0.5, 0.6) is 17.2 Å². The Kier molecular flexibility index (Phi) is 10.6. The van der Waals surface area contributed by atoms with Crippen molar-refractivity contribution in [2.45, 2.75) is 64.3 Å². The minimum atomic E-state index is -0.415. The van der Waals surface area contributed by atoms with Crippen LogP contribution in [0.1, 0.15) is 56.6 Å². The van der Waals surface area contributed by atoms with Gasteiger partial charge in [0.15, 0.2) is 11.5 Å². The lowest BCUT2D eigenvalue weighted by molar-refractivity contribution is -0.384. The maximum atomic E-state index is 10.7. The summed E-state index contributed by atoms with van der Waals surface area (Å²) < 4.78 is 5.61. The third-order valence-corrected chi connectivity index (χ3v) is 6.71. The van der Waals surface area contributed by atoms with Crippen LogP contribution in [0.25, 0.3) is 0 Å². The molecule has 2 aromatic carbocycles. The molecule has 0 amide bonds. The first-order chi connectivity index (χ1) is 17.0. The number of nitrogens with zero attached hydrogens (tertiary/aromatic N) is 2. The Balaban J connectivity index is 1.26. The van der Waals surface area contributed by atoms with Crippen molar-refractivity contribution in [3.63, 3.8) is 0 Å². The second-order valence-corrected chi connectivity index (χ2v) is 9.27. The van der Waals surface area contributed by atoms with Crippen LogP contribution in [0.3, 0.4) is 0 Å². The molecule has 1 aliphatic carbocycles. The molecule has 0 aliphatic heterocycles. The molecule has 0 saturated heterocycles. The Morgan fingerprint density at radius 2 is 1.83 bits per heavy atom. The molecule has 2 aromatic rings. The standard InChI is InChI=1S/C27H39N3O5/c1-2-17-29(23-10-13-25-21(20-23)7-14-26(31)27(25)32)18-6-4-3-5-15-28-16-19-35-24-11-8-22(9-12-24)30(33)34/h7-9,11-12,14,23,28,31-32H,2-6,10,13,15-20H2,1H3/t23-/m0/s1. The predicted molar refractivity (Wildman–Crippen MR) is 137 cm³/mol. The van der Waals surface area contributed by atoms with Gasteiger partial charge in [-0.3, -0.25) is 10.1 Å². The van der Waals surface area contributed by atoms with E-state index in [0.717, 1.165) is 63.8 Å². The predicted octanol–water partition coefficient (Wildman–Crippen LogP) is 4.80. The highest BCUT2D eigenvalue weighted by atomic mass is 16.6. The Labute approximate surface area is 208 Å². The van der Waals surface area contributed by atoms with E-state index in [-0.39, 0.29) is 17.2 Å². The fourth-order valence-corrected chi connectivity index (χ4v) is 4.83. The van der Waals surface area contributed by atoms with E-state index >= 15 is 0 Å². The third kappa shape index (κ3) is 8.11. The summed E-state index contributed by atoms with van der Waals surface area (Å²) in [4.78, 5) is 12.9. The van der Waals surface area contributed by atoms with E-state index in [1.807, 2.05) is 6.07 Å². The maximum absolute atomic E-state index is 10.7. The summed E-state index contributed by atoms with van der Waals surface area (Å²) in [5, 5.41) is 34.0. The Bertz CT molecular complexity index is 935. The van der Waals surface area contributed by atoms with Crippen LogP contribution < -0.4 is 10.1 Å². The summed E-state index contributed by atoms with van der Waals surface area (Å²) in [5.41, 5.74) is 2.16. The van der Waals surface area contributed by atoms with Crippen LogP contribution in [0.4, 0.5) is 5.69 Å². The lowest BCUT2D eigenvalue weighted by Crippen LogP contribution is -2.40. The minimum absolute atomic E-state index is 0.0147. The molecule has 1 aliphatic rings. The number of benzene rings is 2. The van der Waals surface area contributed by atoms with E-state index < -0.39 is 4.92 Å². The second-order valence-electron chi connectivity index (χ2n) is 9.27. The number of rotatable bonds is 15. The SMILES string of the molecule is CCCN(CCCCCCNCCOc1ccc([N+](=O)[O-])cc1)[C@H]1CCc2c(ccc(O)c2O)C1. The highest BCUT2D eigenvalue weighted by Crippen LogP contribution is 2.36. The molecule has 3 N–H and O–H groups in total. The lowest BCUT2D eigenvalue weighted by Gasteiger charge is -2.35. The normalized spacial score (nSPS) is 15.2. The molecule has 1 atom stereocenters. The fourth-order valence-electron chi connectivity index (χ4n) is 4.83. The number of aromatic hydroxyl groups is 2. The van der Waals surface area contributed by atoms with Crippen LogP contribution in [0.2, 0.25) is 0 Å². The van der Waals surface area contributed by atoms with Gasteiger partial charge in [-0.1, -0.05) is 25.8 Å². The molecule has 3 rings (SSSR count). The number of nitrogens with one attached hydrogen (secondary N) is 1. The van der Waals surface area contributed by atoms with Crippen molar-refractivity contribution in [2.24, 2.45) is 0 Å². The van der Waals surface area contributed by atoms with Crippen LogP contribution in [0, 0.1) is 10.1 Å². The quantitative estimate of drug-likeness (QED) is 0.144. The lowest BCUT2D eigenvalue weighted by atomic mass is 9.86. The van der Waals surface area contributed by atoms with Crippen molar-refractivity contribution in [3.8, 4) is 17.2 Å². The van der Waals surface area contributed by atoms with Crippen LogP contribution in [-0.2, 0) is 12.8 Å². The number of phenols is 2. The summed E-state index contributed by atoms with van der Waals surface area (Å²) in [6, 6.07) is 10.2. The molecular formula is C27H39N3O5. The molecule has 8 heteroatoms. The number of hydrogen-bond acceptors (Lipinski definition) is 7. The Morgan fingerprint density at radius 1 is 1.06 bits per heavy atom. The number of fused-ring (bicyclic) bond motifs is 1. The molecule has 35 heavy (non-hydrogen) atoms. The molecule has 0 bridgehead atoms. The largest absolute Gasteiger partial charge is 0.504 e. The average Bonchev–Trinajstić information content (AvgIpc) is 2.86. The molecule has 0 unspecified atom stereocenters. The number of nitro benzene ring substituents is 1. The molecule has 0 aromatic heterocycles. The molecule has 0 fully saturated rings. The smallest absolute Gasteiger partial charge is 0.269 e. The fraction of sp³-hybridized carbons (Fsp3) is 0.556. The monoisotopic (exact) mass is 485 g/mol. The summed E-state index contributed by atoms with van der Waals surface area (Å²) in [5.74, 6) is 0.694. The van der Waals surface area contributed by atoms with Crippen molar-refractivity contribution in [1.82, 2.24) is 10.2 Å². The summed E-state index contributed by atoms with van der Waals surface area (Å²) in [6.45, 7) is 6.67. The first-order valence-electron chi connectivity index (χ1n) is 12.8. The molecule has 192 valence electrons. The third-order valence-electron chi connectivity index (χ3n) is 6.71. The Morgan fingerprint density at radius 3 is 2.57 bits per heavy atom. The Hall–Kier alpha value is -2.84. The van der Waals surface area contributed by atoms with Crippen molar-refractivity contribution in [2.75, 3.05) is 32.8 Å². The van der Waals surface area contributed by atoms with Crippen molar-refractivity contribution in [1.29, 1.82) is 0 Å². The number of nitro groups is 1. The number of hydrogen-bond donors (Lipinski definition) is 3. The molecule has 0 heterocycles. The van der Waals surface area contributed by atoms with Gasteiger partial charge in [-0.25, -0.2) is 0 Å². The topological polar surface area (TPSA) is 108 Å². The average molecular weight is 486 g/mol. The van der Waals surface area contributed by atoms with E-state index in [1.165, 1.54) is 37.0 Å². The highest BCUT2D eigenvalue weighted by molar-refractivity contribution is 5.50. The summed E-state index contributed by atoms with van der Waals surface area (Å²) >= 11 is 0. The van der Waals surface area contributed by atoms with Gasteiger partial charge in [0, 0.05) is 30.3 Å². The van der Waals surface area contributed by atoms with Crippen molar-refractivity contribution >= 4 is 5.69 Å². The van der Waals surface area contributed by atoms with Gasteiger partial charge in [0.1, 0.15) is 12.4 Å². The number of unbranched alkanes of at least 4 members (excludes halogenated alkanes) is 3. The molecule has 8 nitrogen and oxygen atoms in total. The second kappa shape index (κ2) is 13.9. The minimum Gasteiger partial charge on any atom is -0.504 e. The van der Waals surface area contributed by atoms with Gasteiger partial charge in [0.2, 0.25) is 0 Å². The molecular weight excluding hydrogens is 446 g/mol. The first-order valence-corrected chi connectivity index (χ1v) is 12.8. The summed E-state index contributed by atoms with van der Waals surface area (Å²) in [6.07, 6.45) is 8.63. The zero-order chi connectivity index (χ0) is 25.0. The zero-order valence-electron chi connectivity index (χ0n) is 20.7. The van der Waals surface area contributed by atoms with E-state index in [9.17, 15) is 20.3 Å². The number of ether oxygens (including phenoxy) is 1. The van der Waals surface area contributed by atoms with Gasteiger partial charge in [0.25, 0.3) is 5.69 Å². The van der Waals surface area contributed by atoms with Crippen LogP contribution in [0.15, 0.2) is 36.4 Å². The van der Waals surface area contributed by atoms with Gasteiger partial charge in [-0.15, -0.1) is 0 Å². The van der Waals surface area contributed by atoms with Crippen LogP contribution in [-0.4, -0.2) is 58.9 Å². The van der Waals surface area contributed by atoms with Crippen molar-refractivity contribution < 1.29 is 19.9 Å². The highest BCUT2D eigenvalue weighted by Gasteiger charge is 2.26. The number of phenolic OH excluding ortho intramolecular Hbond substituents is 2. The molecule has 0 spiro atoms. The number of non-ortho nitro benzene ring substituents is 1. The van der Waals surface area contributed by atoms with Crippen molar-refractivity contribution in [3.05, 3.63) is 57.6 Å². The van der Waals surface area contributed by atoms with Gasteiger partial charge in [-0.05, 0) is 81.9 Å². The van der Waals surface area contributed by atoms with E-state index in [4.69, 9.17) is 4.74 Å². The van der Waals surface area contributed by atoms with Crippen LogP contribution >= 0.6 is 0 Å². The van der Waals surface area contributed by atoms with E-state index in [0.29, 0.717) is 18.4 Å². The summed E-state index contributed by atoms with van der Waals surface area (Å²) in [7, 11) is 0.